The molecule has 1 rings (SSSR count). The van der Waals surface area contributed by atoms with Crippen LogP contribution in [0.25, 0.3) is 0 Å². The third-order valence-electron chi connectivity index (χ3n) is 2.03. The molecule has 0 atom stereocenters. The maximum atomic E-state index is 11.5. The Morgan fingerprint density at radius 2 is 2.25 bits per heavy atom. The van der Waals surface area contributed by atoms with E-state index in [9.17, 15) is 4.79 Å². The summed E-state index contributed by atoms with van der Waals surface area (Å²) in [4.78, 5) is 12.7. The van der Waals surface area contributed by atoms with Gasteiger partial charge in [0.25, 0.3) is 0 Å². The molecule has 0 aliphatic rings. The molecule has 1 amide bonds. The predicted molar refractivity (Wildman–Crippen MR) is 70.0 cm³/mol. The molecule has 0 bridgehead atoms. The van der Waals surface area contributed by atoms with Gasteiger partial charge in [-0.3, -0.25) is 4.79 Å². The van der Waals surface area contributed by atoms with Crippen molar-refractivity contribution in [3.8, 4) is 0 Å². The summed E-state index contributed by atoms with van der Waals surface area (Å²) in [6.07, 6.45) is 0.502. The Labute approximate surface area is 101 Å². The van der Waals surface area contributed by atoms with Crippen LogP contribution in [0.15, 0.2) is 29.2 Å². The third kappa shape index (κ3) is 4.68. The largest absolute Gasteiger partial charge is 0.326 e. The minimum atomic E-state index is 0.0491. The summed E-state index contributed by atoms with van der Waals surface area (Å²) in [5.41, 5.74) is 0.875. The highest BCUT2D eigenvalue weighted by Crippen LogP contribution is 2.21. The summed E-state index contributed by atoms with van der Waals surface area (Å²) in [6.45, 7) is 2.82. The molecule has 1 aromatic carbocycles. The van der Waals surface area contributed by atoms with Crippen molar-refractivity contribution < 1.29 is 4.79 Å². The number of nitrogens with one attached hydrogen (secondary N) is 2. The van der Waals surface area contributed by atoms with Crippen molar-refractivity contribution in [1.29, 1.82) is 0 Å². The summed E-state index contributed by atoms with van der Waals surface area (Å²) in [7, 11) is 1.84. The first-order chi connectivity index (χ1) is 7.76. The van der Waals surface area contributed by atoms with Crippen LogP contribution >= 0.6 is 11.8 Å². The first-order valence-electron chi connectivity index (χ1n) is 5.43. The van der Waals surface area contributed by atoms with Crippen LogP contribution in [0.1, 0.15) is 13.3 Å². The Morgan fingerprint density at radius 1 is 1.44 bits per heavy atom. The number of thioether (sulfide) groups is 1. The van der Waals surface area contributed by atoms with Crippen LogP contribution in [0.2, 0.25) is 0 Å². The monoisotopic (exact) mass is 238 g/mol. The van der Waals surface area contributed by atoms with E-state index in [0.717, 1.165) is 11.4 Å². The molecule has 0 aliphatic heterocycles. The molecule has 0 heterocycles. The molecule has 0 aromatic heterocycles. The SMILES string of the molecule is CCSc1cccc(NC(=O)CCNC)c1. The Balaban J connectivity index is 2.52. The molecule has 4 heteroatoms. The van der Waals surface area contributed by atoms with Gasteiger partial charge in [-0.15, -0.1) is 11.8 Å². The summed E-state index contributed by atoms with van der Waals surface area (Å²) >= 11 is 1.77. The van der Waals surface area contributed by atoms with E-state index in [-0.39, 0.29) is 5.91 Å². The minimum absolute atomic E-state index is 0.0491. The lowest BCUT2D eigenvalue weighted by atomic mass is 10.3. The van der Waals surface area contributed by atoms with Crippen LogP contribution in [0.4, 0.5) is 5.69 Å². The van der Waals surface area contributed by atoms with Crippen LogP contribution in [0, 0.1) is 0 Å². The quantitative estimate of drug-likeness (QED) is 0.747. The Kier molecular flexibility index (Phi) is 5.96. The first-order valence-corrected chi connectivity index (χ1v) is 6.42. The van der Waals surface area contributed by atoms with E-state index in [0.29, 0.717) is 13.0 Å². The Morgan fingerprint density at radius 3 is 2.94 bits per heavy atom. The van der Waals surface area contributed by atoms with Crippen LogP contribution in [0.3, 0.4) is 0 Å². The fourth-order valence-corrected chi connectivity index (χ4v) is 2.01. The van der Waals surface area contributed by atoms with Crippen molar-refractivity contribution in [3.63, 3.8) is 0 Å². The van der Waals surface area contributed by atoms with Gasteiger partial charge >= 0.3 is 0 Å². The van der Waals surface area contributed by atoms with E-state index in [1.165, 1.54) is 4.90 Å². The number of carbonyl (C=O) groups is 1. The molecular formula is C12H18N2OS. The minimum Gasteiger partial charge on any atom is -0.326 e. The lowest BCUT2D eigenvalue weighted by Gasteiger charge is -2.06. The van der Waals surface area contributed by atoms with E-state index in [4.69, 9.17) is 0 Å². The highest BCUT2D eigenvalue weighted by atomic mass is 32.2. The summed E-state index contributed by atoms with van der Waals surface area (Å²) in [6, 6.07) is 7.94. The summed E-state index contributed by atoms with van der Waals surface area (Å²) in [5, 5.41) is 5.83. The van der Waals surface area contributed by atoms with Gasteiger partial charge in [0.05, 0.1) is 0 Å². The molecule has 0 radical (unpaired) electrons. The highest BCUT2D eigenvalue weighted by molar-refractivity contribution is 7.99. The zero-order valence-electron chi connectivity index (χ0n) is 9.75. The molecule has 0 fully saturated rings. The predicted octanol–water partition coefficient (Wildman–Crippen LogP) is 2.35. The summed E-state index contributed by atoms with van der Waals surface area (Å²) in [5.74, 6) is 1.09. The molecule has 0 saturated heterocycles. The Bertz CT molecular complexity index is 342. The molecule has 0 aliphatic carbocycles. The van der Waals surface area contributed by atoms with Crippen LogP contribution < -0.4 is 10.6 Å². The molecule has 1 aromatic rings. The standard InChI is InChI=1S/C12H18N2OS/c1-3-16-11-6-4-5-10(9-11)14-12(15)7-8-13-2/h4-6,9,13H,3,7-8H2,1-2H3,(H,14,15). The Hall–Kier alpha value is -1.00. The first kappa shape index (κ1) is 13.1. The number of amides is 1. The second-order valence-corrected chi connectivity index (χ2v) is 4.70. The molecule has 88 valence electrons. The van der Waals surface area contributed by atoms with E-state index in [2.05, 4.69) is 23.6 Å². The topological polar surface area (TPSA) is 41.1 Å². The van der Waals surface area contributed by atoms with Gasteiger partial charge in [-0.25, -0.2) is 0 Å². The van der Waals surface area contributed by atoms with Crippen molar-refractivity contribution in [2.45, 2.75) is 18.2 Å². The molecule has 0 unspecified atom stereocenters. The van der Waals surface area contributed by atoms with Gasteiger partial charge in [-0.1, -0.05) is 13.0 Å². The maximum Gasteiger partial charge on any atom is 0.225 e. The average molecular weight is 238 g/mol. The normalized spacial score (nSPS) is 10.1. The average Bonchev–Trinajstić information content (AvgIpc) is 2.27. The van der Waals surface area contributed by atoms with Crippen LogP contribution in [-0.4, -0.2) is 25.3 Å². The number of rotatable bonds is 6. The van der Waals surface area contributed by atoms with Gasteiger partial charge < -0.3 is 10.6 Å². The fraction of sp³-hybridized carbons (Fsp3) is 0.417. The zero-order valence-corrected chi connectivity index (χ0v) is 10.6. The molecule has 0 saturated carbocycles. The van der Waals surface area contributed by atoms with Crippen molar-refractivity contribution in [2.75, 3.05) is 24.7 Å². The van der Waals surface area contributed by atoms with Crippen LogP contribution in [0.5, 0.6) is 0 Å². The molecular weight excluding hydrogens is 220 g/mol. The van der Waals surface area contributed by atoms with Gasteiger partial charge in [0.2, 0.25) is 5.91 Å². The number of hydrogen-bond acceptors (Lipinski definition) is 3. The number of carbonyl (C=O) groups excluding carboxylic acids is 1. The van der Waals surface area contributed by atoms with E-state index in [1.54, 1.807) is 11.8 Å². The fourth-order valence-electron chi connectivity index (χ4n) is 1.29. The lowest BCUT2D eigenvalue weighted by Crippen LogP contribution is -2.18. The number of benzene rings is 1. The van der Waals surface area contributed by atoms with Crippen molar-refractivity contribution in [2.24, 2.45) is 0 Å². The third-order valence-corrected chi connectivity index (χ3v) is 2.91. The maximum absolute atomic E-state index is 11.5. The van der Waals surface area contributed by atoms with E-state index < -0.39 is 0 Å². The molecule has 0 spiro atoms. The van der Waals surface area contributed by atoms with Gasteiger partial charge in [-0.05, 0) is 31.0 Å². The van der Waals surface area contributed by atoms with Crippen molar-refractivity contribution >= 4 is 23.4 Å². The van der Waals surface area contributed by atoms with Crippen LogP contribution in [-0.2, 0) is 4.79 Å². The number of hydrogen-bond donors (Lipinski definition) is 2. The van der Waals surface area contributed by atoms with Gasteiger partial charge in [0, 0.05) is 23.5 Å². The molecule has 3 nitrogen and oxygen atoms in total. The van der Waals surface area contributed by atoms with Gasteiger partial charge in [0.15, 0.2) is 0 Å². The van der Waals surface area contributed by atoms with Gasteiger partial charge in [-0.2, -0.15) is 0 Å². The second kappa shape index (κ2) is 7.30. The van der Waals surface area contributed by atoms with E-state index in [1.807, 2.05) is 25.2 Å². The summed E-state index contributed by atoms with van der Waals surface area (Å²) < 4.78 is 0. The zero-order chi connectivity index (χ0) is 11.8. The highest BCUT2D eigenvalue weighted by Gasteiger charge is 2.01. The van der Waals surface area contributed by atoms with Crippen molar-refractivity contribution in [3.05, 3.63) is 24.3 Å². The second-order valence-electron chi connectivity index (χ2n) is 3.36. The molecule has 2 N–H and O–H groups in total. The van der Waals surface area contributed by atoms with E-state index >= 15 is 0 Å². The lowest BCUT2D eigenvalue weighted by molar-refractivity contribution is -0.116. The van der Waals surface area contributed by atoms with Crippen molar-refractivity contribution in [1.82, 2.24) is 5.32 Å². The van der Waals surface area contributed by atoms with Gasteiger partial charge in [0.1, 0.15) is 0 Å². The number of anilines is 1. The molecule has 16 heavy (non-hydrogen) atoms. The smallest absolute Gasteiger partial charge is 0.225 e.